The Morgan fingerprint density at radius 1 is 1.37 bits per heavy atom. The number of carbonyl (C=O) groups excluding carboxylic acids is 1. The van der Waals surface area contributed by atoms with E-state index in [1.54, 1.807) is 4.68 Å². The summed E-state index contributed by atoms with van der Waals surface area (Å²) in [7, 11) is 1.83. The molecule has 1 aromatic heterocycles. The third-order valence-corrected chi connectivity index (χ3v) is 2.69. The highest BCUT2D eigenvalue weighted by molar-refractivity contribution is 5.97. The topological polar surface area (TPSA) is 87.4 Å². The van der Waals surface area contributed by atoms with Crippen molar-refractivity contribution in [2.75, 3.05) is 6.54 Å². The highest BCUT2D eigenvalue weighted by atomic mass is 16.3. The van der Waals surface area contributed by atoms with Gasteiger partial charge in [0.15, 0.2) is 11.5 Å². The van der Waals surface area contributed by atoms with Crippen LogP contribution in [0.5, 0.6) is 11.5 Å². The predicted molar refractivity (Wildman–Crippen MR) is 69.0 cm³/mol. The number of aromatic hydroxyl groups is 2. The molecule has 2 rings (SSSR count). The Morgan fingerprint density at radius 2 is 2.16 bits per heavy atom. The number of hydrogen-bond acceptors (Lipinski definition) is 4. The minimum atomic E-state index is -0.427. The maximum atomic E-state index is 11.8. The average molecular weight is 261 g/mol. The first-order valence-electron chi connectivity index (χ1n) is 5.85. The van der Waals surface area contributed by atoms with Gasteiger partial charge in [0.2, 0.25) is 0 Å². The summed E-state index contributed by atoms with van der Waals surface area (Å²) in [6, 6.07) is 6.14. The zero-order chi connectivity index (χ0) is 13.8. The quantitative estimate of drug-likeness (QED) is 0.710. The molecule has 0 aliphatic carbocycles. The number of rotatable bonds is 4. The summed E-state index contributed by atoms with van der Waals surface area (Å²) in [5.74, 6) is -1.14. The molecular weight excluding hydrogens is 246 g/mol. The number of amides is 1. The fourth-order valence-electron chi connectivity index (χ4n) is 1.71. The Hall–Kier alpha value is -2.50. The summed E-state index contributed by atoms with van der Waals surface area (Å²) in [5, 5.41) is 25.7. The van der Waals surface area contributed by atoms with Crippen molar-refractivity contribution in [3.8, 4) is 11.5 Å². The lowest BCUT2D eigenvalue weighted by atomic mass is 10.1. The standard InChI is InChI=1S/C13H15N3O3/c1-16-8-6-9(15-16)5-7-14-13(19)10-3-2-4-11(17)12(10)18/h2-4,6,8,17-18H,5,7H2,1H3,(H,14,19). The van der Waals surface area contributed by atoms with Crippen LogP contribution in [0.15, 0.2) is 30.5 Å². The van der Waals surface area contributed by atoms with Gasteiger partial charge < -0.3 is 15.5 Å². The highest BCUT2D eigenvalue weighted by Crippen LogP contribution is 2.27. The number of aryl methyl sites for hydroxylation is 1. The molecule has 3 N–H and O–H groups in total. The van der Waals surface area contributed by atoms with Crippen LogP contribution in [-0.2, 0) is 13.5 Å². The van der Waals surface area contributed by atoms with Crippen LogP contribution in [0.25, 0.3) is 0 Å². The lowest BCUT2D eigenvalue weighted by Gasteiger charge is -2.06. The van der Waals surface area contributed by atoms with E-state index in [9.17, 15) is 15.0 Å². The van der Waals surface area contributed by atoms with Gasteiger partial charge in [0.1, 0.15) is 0 Å². The Labute approximate surface area is 110 Å². The van der Waals surface area contributed by atoms with Crippen molar-refractivity contribution in [3.05, 3.63) is 41.7 Å². The van der Waals surface area contributed by atoms with Crippen LogP contribution in [0.1, 0.15) is 16.1 Å². The van der Waals surface area contributed by atoms with Gasteiger partial charge >= 0.3 is 0 Å². The molecule has 2 aromatic rings. The van der Waals surface area contributed by atoms with Gasteiger partial charge in [-0.2, -0.15) is 5.10 Å². The molecule has 0 saturated carbocycles. The number of nitrogens with zero attached hydrogens (tertiary/aromatic N) is 2. The van der Waals surface area contributed by atoms with E-state index in [1.165, 1.54) is 18.2 Å². The van der Waals surface area contributed by atoms with E-state index in [2.05, 4.69) is 10.4 Å². The van der Waals surface area contributed by atoms with Crippen LogP contribution in [0.2, 0.25) is 0 Å². The number of phenols is 2. The van der Waals surface area contributed by atoms with Gasteiger partial charge in [0.05, 0.1) is 11.3 Å². The molecule has 19 heavy (non-hydrogen) atoms. The molecule has 0 fully saturated rings. The van der Waals surface area contributed by atoms with Gasteiger partial charge in [-0.1, -0.05) is 6.07 Å². The molecule has 100 valence electrons. The highest BCUT2D eigenvalue weighted by Gasteiger charge is 2.13. The van der Waals surface area contributed by atoms with Gasteiger partial charge in [-0.15, -0.1) is 0 Å². The molecule has 1 amide bonds. The smallest absolute Gasteiger partial charge is 0.255 e. The summed E-state index contributed by atoms with van der Waals surface area (Å²) in [5.41, 5.74) is 0.934. The molecular formula is C13H15N3O3. The van der Waals surface area contributed by atoms with Crippen molar-refractivity contribution in [2.45, 2.75) is 6.42 Å². The third-order valence-electron chi connectivity index (χ3n) is 2.69. The van der Waals surface area contributed by atoms with Gasteiger partial charge in [-0.3, -0.25) is 9.48 Å². The summed E-state index contributed by atoms with van der Waals surface area (Å²) in [4.78, 5) is 11.8. The monoisotopic (exact) mass is 261 g/mol. The summed E-state index contributed by atoms with van der Waals surface area (Å²) < 4.78 is 1.69. The minimum absolute atomic E-state index is 0.0565. The number of carbonyl (C=O) groups is 1. The van der Waals surface area contributed by atoms with Crippen LogP contribution < -0.4 is 5.32 Å². The lowest BCUT2D eigenvalue weighted by Crippen LogP contribution is -2.25. The summed E-state index contributed by atoms with van der Waals surface area (Å²) in [6.07, 6.45) is 2.43. The second-order valence-electron chi connectivity index (χ2n) is 4.16. The van der Waals surface area contributed by atoms with Crippen LogP contribution in [0.3, 0.4) is 0 Å². The Kier molecular flexibility index (Phi) is 3.70. The van der Waals surface area contributed by atoms with Gasteiger partial charge in [-0.05, 0) is 18.2 Å². The third kappa shape index (κ3) is 3.04. The molecule has 0 aliphatic heterocycles. The first kappa shape index (κ1) is 12.9. The van der Waals surface area contributed by atoms with Crippen LogP contribution in [-0.4, -0.2) is 32.4 Å². The Morgan fingerprint density at radius 3 is 2.84 bits per heavy atom. The largest absolute Gasteiger partial charge is 0.504 e. The second kappa shape index (κ2) is 5.43. The molecule has 0 aliphatic rings. The molecule has 1 heterocycles. The van der Waals surface area contributed by atoms with E-state index in [1.807, 2.05) is 19.3 Å². The van der Waals surface area contributed by atoms with E-state index in [0.717, 1.165) is 5.69 Å². The zero-order valence-electron chi connectivity index (χ0n) is 10.5. The van der Waals surface area contributed by atoms with E-state index in [4.69, 9.17) is 0 Å². The maximum Gasteiger partial charge on any atom is 0.255 e. The lowest BCUT2D eigenvalue weighted by molar-refractivity contribution is 0.0950. The number of aromatic nitrogens is 2. The maximum absolute atomic E-state index is 11.8. The second-order valence-corrected chi connectivity index (χ2v) is 4.16. The Bertz CT molecular complexity index is 593. The number of para-hydroxylation sites is 1. The molecule has 0 spiro atoms. The number of nitrogens with one attached hydrogen (secondary N) is 1. The van der Waals surface area contributed by atoms with Gasteiger partial charge in [0, 0.05) is 26.2 Å². The van der Waals surface area contributed by atoms with E-state index in [0.29, 0.717) is 13.0 Å². The van der Waals surface area contributed by atoms with E-state index in [-0.39, 0.29) is 11.3 Å². The molecule has 6 heteroatoms. The molecule has 6 nitrogen and oxygen atoms in total. The first-order valence-corrected chi connectivity index (χ1v) is 5.85. The van der Waals surface area contributed by atoms with Gasteiger partial charge in [0.25, 0.3) is 5.91 Å². The summed E-state index contributed by atoms with van der Waals surface area (Å²) in [6.45, 7) is 0.408. The Balaban J connectivity index is 1.93. The van der Waals surface area contributed by atoms with Crippen molar-refractivity contribution in [2.24, 2.45) is 7.05 Å². The molecule has 1 aromatic carbocycles. The molecule has 0 radical (unpaired) electrons. The van der Waals surface area contributed by atoms with Crippen molar-refractivity contribution >= 4 is 5.91 Å². The first-order chi connectivity index (χ1) is 9.08. The predicted octanol–water partition coefficient (Wildman–Crippen LogP) is 0.804. The molecule has 0 bridgehead atoms. The number of phenolic OH excluding ortho intramolecular Hbond substituents is 2. The van der Waals surface area contributed by atoms with Crippen LogP contribution >= 0.6 is 0 Å². The van der Waals surface area contributed by atoms with Crippen molar-refractivity contribution in [1.82, 2.24) is 15.1 Å². The fraction of sp³-hybridized carbons (Fsp3) is 0.231. The SMILES string of the molecule is Cn1ccc(CCNC(=O)c2cccc(O)c2O)n1. The van der Waals surface area contributed by atoms with Gasteiger partial charge in [-0.25, -0.2) is 0 Å². The molecule has 0 atom stereocenters. The van der Waals surface area contributed by atoms with Crippen molar-refractivity contribution in [1.29, 1.82) is 0 Å². The molecule has 0 saturated heterocycles. The van der Waals surface area contributed by atoms with Crippen LogP contribution in [0, 0.1) is 0 Å². The van der Waals surface area contributed by atoms with Crippen molar-refractivity contribution < 1.29 is 15.0 Å². The van der Waals surface area contributed by atoms with Crippen molar-refractivity contribution in [3.63, 3.8) is 0 Å². The fourth-order valence-corrected chi connectivity index (χ4v) is 1.71. The van der Waals surface area contributed by atoms with E-state index >= 15 is 0 Å². The zero-order valence-corrected chi connectivity index (χ0v) is 10.5. The number of hydrogen-bond donors (Lipinski definition) is 3. The normalized spacial score (nSPS) is 10.4. The van der Waals surface area contributed by atoms with E-state index < -0.39 is 11.7 Å². The molecule has 0 unspecified atom stereocenters. The minimum Gasteiger partial charge on any atom is -0.504 e. The average Bonchev–Trinajstić information content (AvgIpc) is 2.78. The van der Waals surface area contributed by atoms with Crippen LogP contribution in [0.4, 0.5) is 0 Å². The number of benzene rings is 1. The summed E-state index contributed by atoms with van der Waals surface area (Å²) >= 11 is 0.